The fourth-order valence-electron chi connectivity index (χ4n) is 5.42. The number of nitrogens with zero attached hydrogens (tertiary/aromatic N) is 5. The van der Waals surface area contributed by atoms with E-state index in [2.05, 4.69) is 25.4 Å². The number of hydrogen-bond donors (Lipinski definition) is 2. The Labute approximate surface area is 217 Å². The minimum absolute atomic E-state index is 0.270. The van der Waals surface area contributed by atoms with Crippen molar-refractivity contribution < 1.29 is 9.18 Å². The maximum atomic E-state index is 14.3. The first-order chi connectivity index (χ1) is 18.5. The summed E-state index contributed by atoms with van der Waals surface area (Å²) in [5.74, 6) is -0.326. The Hall–Kier alpha value is -4.79. The molecule has 5 heterocycles. The molecule has 2 aromatic carbocycles. The normalized spacial score (nSPS) is 15.7. The highest BCUT2D eigenvalue weighted by Gasteiger charge is 2.32. The number of rotatable bonds is 5. The molecule has 9 heteroatoms. The number of pyridine rings is 1. The van der Waals surface area contributed by atoms with Gasteiger partial charge in [-0.15, -0.1) is 0 Å². The standard InChI is InChI=1S/C29H24FN7O/c1-36-24-13-18(17-8-10-31-11-9-17)6-7-21(24)26(35-36)29(38)34-27(23-12-19-4-2-3-5-22(19)33-23)28-25-14-20(30)15-37(25)16-32-28/h2-13,16,20,27,33H,14-15H2,1H3,(H,34,38)/t20-,27?/m1/s1. The summed E-state index contributed by atoms with van der Waals surface area (Å²) in [6.07, 6.45) is 4.47. The lowest BCUT2D eigenvalue weighted by Gasteiger charge is -2.17. The van der Waals surface area contributed by atoms with E-state index in [1.807, 2.05) is 72.3 Å². The monoisotopic (exact) mass is 505 g/mol. The van der Waals surface area contributed by atoms with Crippen LogP contribution in [0.3, 0.4) is 0 Å². The van der Waals surface area contributed by atoms with E-state index in [9.17, 15) is 9.18 Å². The SMILES string of the molecule is Cn1nc(C(=O)NC(c2cc3ccccc3[nH]2)c2ncn3c2C[C@@H](F)C3)c2ccc(-c3ccncc3)cc21. The molecular formula is C29H24FN7O. The van der Waals surface area contributed by atoms with E-state index in [0.717, 1.165) is 44.3 Å². The van der Waals surface area contributed by atoms with Crippen LogP contribution >= 0.6 is 0 Å². The Balaban J connectivity index is 1.28. The lowest BCUT2D eigenvalue weighted by Crippen LogP contribution is -2.31. The largest absolute Gasteiger partial charge is 0.356 e. The van der Waals surface area contributed by atoms with Crippen molar-refractivity contribution in [2.75, 3.05) is 0 Å². The van der Waals surface area contributed by atoms with Crippen molar-refractivity contribution in [3.63, 3.8) is 0 Å². The van der Waals surface area contributed by atoms with E-state index in [4.69, 9.17) is 0 Å². The Morgan fingerprint density at radius 3 is 2.79 bits per heavy atom. The Bertz CT molecular complexity index is 1780. The number of H-pyrrole nitrogens is 1. The van der Waals surface area contributed by atoms with Crippen LogP contribution in [-0.2, 0) is 20.0 Å². The molecular weight excluding hydrogens is 481 g/mol. The molecule has 0 saturated carbocycles. The summed E-state index contributed by atoms with van der Waals surface area (Å²) < 4.78 is 17.8. The van der Waals surface area contributed by atoms with Crippen LogP contribution in [-0.4, -0.2) is 41.4 Å². The number of imidazole rings is 1. The van der Waals surface area contributed by atoms with Crippen molar-refractivity contribution in [3.05, 3.63) is 102 Å². The van der Waals surface area contributed by atoms with Crippen molar-refractivity contribution >= 4 is 27.7 Å². The summed E-state index contributed by atoms with van der Waals surface area (Å²) in [5, 5.41) is 9.50. The van der Waals surface area contributed by atoms with Crippen molar-refractivity contribution in [3.8, 4) is 11.1 Å². The fraction of sp³-hybridized carbons (Fsp3) is 0.172. The molecule has 1 amide bonds. The average Bonchev–Trinajstić information content (AvgIpc) is 3.70. The summed E-state index contributed by atoms with van der Waals surface area (Å²) in [6, 6.07) is 19.2. The highest BCUT2D eigenvalue weighted by molar-refractivity contribution is 6.06. The molecule has 2 atom stereocenters. The zero-order valence-electron chi connectivity index (χ0n) is 20.6. The number of halogens is 1. The molecule has 0 aliphatic carbocycles. The number of nitrogens with one attached hydrogen (secondary N) is 2. The van der Waals surface area contributed by atoms with E-state index in [-0.39, 0.29) is 18.9 Å². The highest BCUT2D eigenvalue weighted by Crippen LogP contribution is 2.32. The maximum absolute atomic E-state index is 14.3. The number of para-hydroxylation sites is 1. The lowest BCUT2D eigenvalue weighted by molar-refractivity contribution is 0.0937. The number of aryl methyl sites for hydroxylation is 1. The van der Waals surface area contributed by atoms with Crippen molar-refractivity contribution in [1.82, 2.24) is 34.6 Å². The van der Waals surface area contributed by atoms with Gasteiger partial charge in [-0.1, -0.05) is 24.3 Å². The van der Waals surface area contributed by atoms with E-state index >= 15 is 0 Å². The van der Waals surface area contributed by atoms with Crippen LogP contribution in [0.5, 0.6) is 0 Å². The summed E-state index contributed by atoms with van der Waals surface area (Å²) in [4.78, 5) is 25.9. The van der Waals surface area contributed by atoms with Crippen LogP contribution in [0, 0.1) is 0 Å². The number of hydrogen-bond acceptors (Lipinski definition) is 4. The minimum Gasteiger partial charge on any atom is -0.356 e. The molecule has 6 aromatic rings. The zero-order valence-corrected chi connectivity index (χ0v) is 20.6. The molecule has 0 spiro atoms. The zero-order chi connectivity index (χ0) is 25.8. The second-order valence-electron chi connectivity index (χ2n) is 9.69. The van der Waals surface area contributed by atoms with Gasteiger partial charge in [0.2, 0.25) is 0 Å². The number of amides is 1. The highest BCUT2D eigenvalue weighted by atomic mass is 19.1. The number of carbonyl (C=O) groups is 1. The first kappa shape index (κ1) is 22.4. The number of aromatic nitrogens is 6. The summed E-state index contributed by atoms with van der Waals surface area (Å²) >= 11 is 0. The predicted molar refractivity (Wildman–Crippen MR) is 142 cm³/mol. The second kappa shape index (κ2) is 8.65. The van der Waals surface area contributed by atoms with Gasteiger partial charge in [0.25, 0.3) is 5.91 Å². The molecule has 0 bridgehead atoms. The molecule has 7 rings (SSSR count). The van der Waals surface area contributed by atoms with Gasteiger partial charge >= 0.3 is 0 Å². The molecule has 1 aliphatic heterocycles. The Morgan fingerprint density at radius 1 is 1.11 bits per heavy atom. The number of aromatic amines is 1. The van der Waals surface area contributed by atoms with Gasteiger partial charge in [-0.2, -0.15) is 5.10 Å². The number of alkyl halides is 1. The molecule has 0 fully saturated rings. The third-order valence-corrected chi connectivity index (χ3v) is 7.28. The van der Waals surface area contributed by atoms with E-state index in [1.165, 1.54) is 0 Å². The van der Waals surface area contributed by atoms with E-state index in [0.29, 0.717) is 11.4 Å². The molecule has 1 aliphatic rings. The average molecular weight is 506 g/mol. The smallest absolute Gasteiger partial charge is 0.273 e. The van der Waals surface area contributed by atoms with E-state index in [1.54, 1.807) is 23.4 Å². The predicted octanol–water partition coefficient (Wildman–Crippen LogP) is 4.73. The Morgan fingerprint density at radius 2 is 1.95 bits per heavy atom. The van der Waals surface area contributed by atoms with Gasteiger partial charge in [-0.3, -0.25) is 14.5 Å². The second-order valence-corrected chi connectivity index (χ2v) is 9.69. The molecule has 1 unspecified atom stereocenters. The third kappa shape index (κ3) is 3.66. The molecule has 38 heavy (non-hydrogen) atoms. The van der Waals surface area contributed by atoms with Gasteiger partial charge in [0.15, 0.2) is 5.69 Å². The molecule has 8 nitrogen and oxygen atoms in total. The molecule has 0 saturated heterocycles. The number of fused-ring (bicyclic) bond motifs is 3. The Kier molecular flexibility index (Phi) is 5.10. The van der Waals surface area contributed by atoms with Crippen molar-refractivity contribution in [2.45, 2.75) is 25.2 Å². The number of carbonyl (C=O) groups excluding carboxylic acids is 1. The van der Waals surface area contributed by atoms with Gasteiger partial charge in [-0.05, 0) is 52.9 Å². The van der Waals surface area contributed by atoms with E-state index < -0.39 is 12.2 Å². The van der Waals surface area contributed by atoms with Crippen molar-refractivity contribution in [1.29, 1.82) is 0 Å². The summed E-state index contributed by atoms with van der Waals surface area (Å²) in [6.45, 7) is 0.278. The van der Waals surface area contributed by atoms with Crippen LogP contribution in [0.1, 0.15) is 33.6 Å². The van der Waals surface area contributed by atoms with Crippen molar-refractivity contribution in [2.24, 2.45) is 7.05 Å². The van der Waals surface area contributed by atoms with Gasteiger partial charge in [0, 0.05) is 48.2 Å². The van der Waals surface area contributed by atoms with Gasteiger partial charge in [0.1, 0.15) is 12.2 Å². The first-order valence-electron chi connectivity index (χ1n) is 12.5. The van der Waals surface area contributed by atoms with Gasteiger partial charge in [-0.25, -0.2) is 9.37 Å². The van der Waals surface area contributed by atoms with Crippen LogP contribution in [0.25, 0.3) is 32.9 Å². The molecule has 188 valence electrons. The molecule has 2 N–H and O–H groups in total. The number of benzene rings is 2. The maximum Gasteiger partial charge on any atom is 0.273 e. The molecule has 4 aromatic heterocycles. The van der Waals surface area contributed by atoms with Crippen LogP contribution in [0.2, 0.25) is 0 Å². The van der Waals surface area contributed by atoms with Crippen LogP contribution in [0.4, 0.5) is 4.39 Å². The topological polar surface area (TPSA) is 93.4 Å². The van der Waals surface area contributed by atoms with Gasteiger partial charge in [0.05, 0.1) is 24.1 Å². The fourth-order valence-corrected chi connectivity index (χ4v) is 5.42. The summed E-state index contributed by atoms with van der Waals surface area (Å²) in [7, 11) is 1.83. The minimum atomic E-state index is -0.958. The molecule has 0 radical (unpaired) electrons. The van der Waals surface area contributed by atoms with Crippen LogP contribution < -0.4 is 5.32 Å². The third-order valence-electron chi connectivity index (χ3n) is 7.28. The summed E-state index contributed by atoms with van der Waals surface area (Å²) in [5.41, 5.74) is 6.39. The van der Waals surface area contributed by atoms with Crippen LogP contribution in [0.15, 0.2) is 79.4 Å². The van der Waals surface area contributed by atoms with Gasteiger partial charge < -0.3 is 14.9 Å². The quantitative estimate of drug-likeness (QED) is 0.354. The first-order valence-corrected chi connectivity index (χ1v) is 12.5. The lowest BCUT2D eigenvalue weighted by atomic mass is 10.0.